The standard InChI is InChI=1S/C31H34N4O2/c1-34-21-27(26-8-2-3-10-29(26)34)31(36)33-28-9-4-6-23-7-5-19-35(30(23)28)20-22-11-13-24(14-12-22)37-25-15-17-32-18-16-25/h2-4,6,8-14,21,25,32H,5,7,15-20H2,1H3,(H,33,36). The molecular weight excluding hydrogens is 460 g/mol. The third-order valence-electron chi connectivity index (χ3n) is 7.59. The molecule has 0 saturated carbocycles. The van der Waals surface area contributed by atoms with Crippen LogP contribution in [-0.4, -0.2) is 36.2 Å². The van der Waals surface area contributed by atoms with Crippen LogP contribution in [0.2, 0.25) is 0 Å². The van der Waals surface area contributed by atoms with Gasteiger partial charge in [-0.15, -0.1) is 0 Å². The largest absolute Gasteiger partial charge is 0.490 e. The van der Waals surface area contributed by atoms with E-state index in [1.54, 1.807) is 0 Å². The van der Waals surface area contributed by atoms with Crippen LogP contribution in [0, 0.1) is 0 Å². The van der Waals surface area contributed by atoms with Crippen LogP contribution in [0.25, 0.3) is 10.9 Å². The lowest BCUT2D eigenvalue weighted by Gasteiger charge is -2.33. The quantitative estimate of drug-likeness (QED) is 0.371. The second-order valence-electron chi connectivity index (χ2n) is 10.2. The van der Waals surface area contributed by atoms with Crippen molar-refractivity contribution in [2.45, 2.75) is 38.3 Å². The van der Waals surface area contributed by atoms with Gasteiger partial charge in [0.25, 0.3) is 5.91 Å². The molecule has 1 amide bonds. The van der Waals surface area contributed by atoms with Crippen molar-refractivity contribution in [3.8, 4) is 5.75 Å². The molecule has 2 aliphatic rings. The minimum atomic E-state index is -0.0739. The van der Waals surface area contributed by atoms with Gasteiger partial charge < -0.3 is 24.8 Å². The fraction of sp³-hybridized carbons (Fsp3) is 0.323. The number of piperidine rings is 1. The van der Waals surface area contributed by atoms with Crippen LogP contribution in [0.15, 0.2) is 72.9 Å². The number of aromatic nitrogens is 1. The third-order valence-corrected chi connectivity index (χ3v) is 7.59. The maximum absolute atomic E-state index is 13.4. The Morgan fingerprint density at radius 2 is 1.84 bits per heavy atom. The fourth-order valence-corrected chi connectivity index (χ4v) is 5.71. The van der Waals surface area contributed by atoms with Crippen LogP contribution in [0.4, 0.5) is 11.4 Å². The van der Waals surface area contributed by atoms with Crippen molar-refractivity contribution in [3.63, 3.8) is 0 Å². The molecule has 1 fully saturated rings. The zero-order chi connectivity index (χ0) is 25.2. The van der Waals surface area contributed by atoms with Gasteiger partial charge in [0, 0.05) is 37.2 Å². The number of hydrogen-bond acceptors (Lipinski definition) is 4. The maximum Gasteiger partial charge on any atom is 0.257 e. The average molecular weight is 495 g/mol. The zero-order valence-corrected chi connectivity index (χ0v) is 21.4. The van der Waals surface area contributed by atoms with Crippen molar-refractivity contribution in [1.82, 2.24) is 9.88 Å². The number of carbonyl (C=O) groups is 1. The molecule has 37 heavy (non-hydrogen) atoms. The van der Waals surface area contributed by atoms with E-state index in [1.165, 1.54) is 11.1 Å². The van der Waals surface area contributed by atoms with E-state index in [-0.39, 0.29) is 5.91 Å². The van der Waals surface area contributed by atoms with Gasteiger partial charge in [0.05, 0.1) is 16.9 Å². The summed E-state index contributed by atoms with van der Waals surface area (Å²) in [6.45, 7) is 3.80. The average Bonchev–Trinajstić information content (AvgIpc) is 3.27. The zero-order valence-electron chi connectivity index (χ0n) is 21.4. The number of benzene rings is 3. The first-order valence-electron chi connectivity index (χ1n) is 13.3. The van der Waals surface area contributed by atoms with E-state index >= 15 is 0 Å². The van der Waals surface area contributed by atoms with E-state index < -0.39 is 0 Å². The molecule has 0 spiro atoms. The predicted molar refractivity (Wildman–Crippen MR) is 150 cm³/mol. The Balaban J connectivity index is 1.21. The molecule has 3 heterocycles. The van der Waals surface area contributed by atoms with Gasteiger partial charge >= 0.3 is 0 Å². The lowest BCUT2D eigenvalue weighted by molar-refractivity contribution is 0.102. The van der Waals surface area contributed by atoms with Gasteiger partial charge in [-0.25, -0.2) is 0 Å². The van der Waals surface area contributed by atoms with Crippen LogP contribution in [0.3, 0.4) is 0 Å². The van der Waals surface area contributed by atoms with Crippen LogP contribution < -0.4 is 20.3 Å². The highest BCUT2D eigenvalue weighted by atomic mass is 16.5. The molecule has 6 nitrogen and oxygen atoms in total. The molecule has 1 saturated heterocycles. The summed E-state index contributed by atoms with van der Waals surface area (Å²) in [5.41, 5.74) is 6.28. The summed E-state index contributed by atoms with van der Waals surface area (Å²) in [6.07, 6.45) is 6.45. The van der Waals surface area contributed by atoms with E-state index in [9.17, 15) is 4.79 Å². The molecule has 1 aromatic heterocycles. The minimum Gasteiger partial charge on any atom is -0.490 e. The summed E-state index contributed by atoms with van der Waals surface area (Å²) >= 11 is 0. The van der Waals surface area contributed by atoms with Gasteiger partial charge in [0.2, 0.25) is 0 Å². The van der Waals surface area contributed by atoms with Gasteiger partial charge in [-0.1, -0.05) is 42.5 Å². The Kier molecular flexibility index (Phi) is 6.58. The first-order chi connectivity index (χ1) is 18.2. The van der Waals surface area contributed by atoms with E-state index in [1.807, 2.05) is 54.2 Å². The summed E-state index contributed by atoms with van der Waals surface area (Å²) in [7, 11) is 1.98. The second kappa shape index (κ2) is 10.3. The smallest absolute Gasteiger partial charge is 0.257 e. The molecule has 6 heteroatoms. The number of hydrogen-bond donors (Lipinski definition) is 2. The number of anilines is 2. The van der Waals surface area contributed by atoms with Gasteiger partial charge in [-0.2, -0.15) is 0 Å². The number of carbonyl (C=O) groups excluding carboxylic acids is 1. The third kappa shape index (κ3) is 4.94. The summed E-state index contributed by atoms with van der Waals surface area (Å²) in [4.78, 5) is 15.8. The van der Waals surface area contributed by atoms with E-state index in [2.05, 4.69) is 45.9 Å². The Bertz CT molecular complexity index is 1400. The molecule has 0 atom stereocenters. The van der Waals surface area contributed by atoms with E-state index in [0.29, 0.717) is 11.7 Å². The number of rotatable bonds is 6. The van der Waals surface area contributed by atoms with Gasteiger partial charge in [0.15, 0.2) is 0 Å². The number of ether oxygens (including phenoxy) is 1. The van der Waals surface area contributed by atoms with Crippen molar-refractivity contribution in [3.05, 3.63) is 89.6 Å². The van der Waals surface area contributed by atoms with Crippen LogP contribution in [0.5, 0.6) is 5.75 Å². The van der Waals surface area contributed by atoms with E-state index in [0.717, 1.165) is 79.9 Å². The Hall–Kier alpha value is -3.77. The number of para-hydroxylation sites is 2. The second-order valence-corrected chi connectivity index (χ2v) is 10.2. The minimum absolute atomic E-state index is 0.0739. The molecule has 0 bridgehead atoms. The van der Waals surface area contributed by atoms with Crippen molar-refractivity contribution in [2.24, 2.45) is 7.05 Å². The van der Waals surface area contributed by atoms with Crippen LogP contribution in [-0.2, 0) is 20.0 Å². The van der Waals surface area contributed by atoms with Crippen molar-refractivity contribution in [2.75, 3.05) is 29.9 Å². The van der Waals surface area contributed by atoms with Gasteiger partial charge in [0.1, 0.15) is 11.9 Å². The molecule has 0 aliphatic carbocycles. The molecule has 2 N–H and O–H groups in total. The number of aryl methyl sites for hydroxylation is 2. The maximum atomic E-state index is 13.4. The Labute approximate surface area is 218 Å². The first kappa shape index (κ1) is 23.6. The normalized spacial score (nSPS) is 16.0. The highest BCUT2D eigenvalue weighted by Crippen LogP contribution is 2.36. The first-order valence-corrected chi connectivity index (χ1v) is 13.3. The van der Waals surface area contributed by atoms with Crippen molar-refractivity contribution in [1.29, 1.82) is 0 Å². The topological polar surface area (TPSA) is 58.5 Å². The monoisotopic (exact) mass is 494 g/mol. The Morgan fingerprint density at radius 3 is 2.68 bits per heavy atom. The molecule has 3 aromatic carbocycles. The molecular formula is C31H34N4O2. The summed E-state index contributed by atoms with van der Waals surface area (Å²) in [5, 5.41) is 7.60. The number of nitrogens with zero attached hydrogens (tertiary/aromatic N) is 2. The molecule has 2 aliphatic heterocycles. The molecule has 6 rings (SSSR count). The molecule has 0 radical (unpaired) electrons. The Morgan fingerprint density at radius 1 is 1.03 bits per heavy atom. The number of amides is 1. The highest BCUT2D eigenvalue weighted by molar-refractivity contribution is 6.14. The number of fused-ring (bicyclic) bond motifs is 2. The van der Waals surface area contributed by atoms with Crippen molar-refractivity contribution >= 4 is 28.2 Å². The van der Waals surface area contributed by atoms with Gasteiger partial charge in [-0.3, -0.25) is 4.79 Å². The lowest BCUT2D eigenvalue weighted by atomic mass is 9.99. The SMILES string of the molecule is Cn1cc(C(=O)Nc2cccc3c2N(Cc2ccc(OC4CCNCC4)cc2)CCC3)c2ccccc21. The summed E-state index contributed by atoms with van der Waals surface area (Å²) in [6, 6.07) is 22.8. The predicted octanol–water partition coefficient (Wildman–Crippen LogP) is 5.51. The highest BCUT2D eigenvalue weighted by Gasteiger charge is 2.23. The van der Waals surface area contributed by atoms with Crippen LogP contribution >= 0.6 is 0 Å². The van der Waals surface area contributed by atoms with E-state index in [4.69, 9.17) is 4.74 Å². The molecule has 190 valence electrons. The molecule has 4 aromatic rings. The van der Waals surface area contributed by atoms with Crippen LogP contribution in [0.1, 0.15) is 40.7 Å². The lowest BCUT2D eigenvalue weighted by Crippen LogP contribution is -2.34. The fourth-order valence-electron chi connectivity index (χ4n) is 5.71. The number of nitrogens with one attached hydrogen (secondary N) is 2. The molecule has 0 unspecified atom stereocenters. The summed E-state index contributed by atoms with van der Waals surface area (Å²) in [5.74, 6) is 0.868. The van der Waals surface area contributed by atoms with Gasteiger partial charge in [-0.05, 0) is 74.2 Å². The van der Waals surface area contributed by atoms with Crippen molar-refractivity contribution < 1.29 is 9.53 Å². The summed E-state index contributed by atoms with van der Waals surface area (Å²) < 4.78 is 8.20.